The van der Waals surface area contributed by atoms with Crippen LogP contribution < -0.4 is 0 Å². The van der Waals surface area contributed by atoms with Crippen LogP contribution in [0.4, 0.5) is 0 Å². The van der Waals surface area contributed by atoms with E-state index in [-0.39, 0.29) is 11.5 Å². The third kappa shape index (κ3) is 2.42. The van der Waals surface area contributed by atoms with Crippen LogP contribution >= 0.6 is 0 Å². The van der Waals surface area contributed by atoms with Gasteiger partial charge in [0.05, 0.1) is 6.61 Å². The molecule has 18 heavy (non-hydrogen) atoms. The Kier molecular flexibility index (Phi) is 4.66. The van der Waals surface area contributed by atoms with Gasteiger partial charge in [0.25, 0.3) is 0 Å². The molecular weight excluding hydrogens is 226 g/mol. The molecule has 0 bridgehead atoms. The van der Waals surface area contributed by atoms with Crippen LogP contribution in [0.15, 0.2) is 0 Å². The van der Waals surface area contributed by atoms with E-state index in [1.165, 1.54) is 32.1 Å². The van der Waals surface area contributed by atoms with Crippen molar-refractivity contribution >= 4 is 5.97 Å². The van der Waals surface area contributed by atoms with Crippen LogP contribution in [0.25, 0.3) is 0 Å². The van der Waals surface area contributed by atoms with Gasteiger partial charge in [-0.3, -0.25) is 9.69 Å². The van der Waals surface area contributed by atoms with Crippen LogP contribution in [0.1, 0.15) is 58.8 Å². The lowest BCUT2D eigenvalue weighted by atomic mass is 9.71. The van der Waals surface area contributed by atoms with E-state index in [9.17, 15) is 4.79 Å². The van der Waals surface area contributed by atoms with Crippen LogP contribution in [0.3, 0.4) is 0 Å². The Bertz CT molecular complexity index is 286. The zero-order valence-corrected chi connectivity index (χ0v) is 11.9. The average molecular weight is 253 g/mol. The number of hydrogen-bond acceptors (Lipinski definition) is 3. The molecule has 0 amide bonds. The molecule has 0 N–H and O–H groups in total. The number of nitrogens with zero attached hydrogens (tertiary/aromatic N) is 1. The molecule has 0 aromatic heterocycles. The minimum absolute atomic E-state index is 0.0408. The van der Waals surface area contributed by atoms with Crippen LogP contribution in [-0.4, -0.2) is 36.1 Å². The summed E-state index contributed by atoms with van der Waals surface area (Å²) >= 11 is 0. The van der Waals surface area contributed by atoms with E-state index < -0.39 is 0 Å². The predicted molar refractivity (Wildman–Crippen MR) is 72.4 cm³/mol. The molecule has 1 saturated carbocycles. The summed E-state index contributed by atoms with van der Waals surface area (Å²) in [5.74, 6) is 0.475. The third-order valence-corrected chi connectivity index (χ3v) is 4.81. The molecule has 0 spiro atoms. The fraction of sp³-hybridized carbons (Fsp3) is 0.933. The number of ether oxygens (including phenoxy) is 1. The monoisotopic (exact) mass is 253 g/mol. The van der Waals surface area contributed by atoms with E-state index in [0.29, 0.717) is 12.5 Å². The molecule has 3 heteroatoms. The van der Waals surface area contributed by atoms with E-state index in [1.807, 2.05) is 6.92 Å². The van der Waals surface area contributed by atoms with Gasteiger partial charge in [0.2, 0.25) is 0 Å². The van der Waals surface area contributed by atoms with Crippen molar-refractivity contribution < 1.29 is 9.53 Å². The van der Waals surface area contributed by atoms with Crippen molar-refractivity contribution in [2.45, 2.75) is 64.3 Å². The van der Waals surface area contributed by atoms with Crippen molar-refractivity contribution in [2.75, 3.05) is 19.7 Å². The van der Waals surface area contributed by atoms with E-state index in [1.54, 1.807) is 0 Å². The second-order valence-electron chi connectivity index (χ2n) is 5.84. The highest BCUT2D eigenvalue weighted by atomic mass is 16.5. The molecule has 0 aromatic carbocycles. The SMILES string of the molecule is CCOC(=O)[C@]1(N2CCCCC2)CCCC[C@@H]1C. The topological polar surface area (TPSA) is 29.5 Å². The Balaban J connectivity index is 2.22. The maximum absolute atomic E-state index is 12.6. The van der Waals surface area contributed by atoms with Crippen molar-refractivity contribution in [2.24, 2.45) is 5.92 Å². The number of carbonyl (C=O) groups is 1. The Hall–Kier alpha value is -0.570. The number of hydrogen-bond donors (Lipinski definition) is 0. The normalized spacial score (nSPS) is 34.2. The number of carbonyl (C=O) groups excluding carboxylic acids is 1. The van der Waals surface area contributed by atoms with Crippen molar-refractivity contribution in [1.82, 2.24) is 4.90 Å². The van der Waals surface area contributed by atoms with Crippen molar-refractivity contribution in [3.8, 4) is 0 Å². The summed E-state index contributed by atoms with van der Waals surface area (Å²) in [5.41, 5.74) is -0.311. The Morgan fingerprint density at radius 1 is 1.22 bits per heavy atom. The maximum Gasteiger partial charge on any atom is 0.326 e. The highest BCUT2D eigenvalue weighted by Crippen LogP contribution is 2.40. The lowest BCUT2D eigenvalue weighted by Crippen LogP contribution is -2.61. The van der Waals surface area contributed by atoms with Crippen molar-refractivity contribution in [1.29, 1.82) is 0 Å². The van der Waals surface area contributed by atoms with Gasteiger partial charge in [0.1, 0.15) is 5.54 Å². The number of esters is 1. The van der Waals surface area contributed by atoms with E-state index in [2.05, 4.69) is 11.8 Å². The van der Waals surface area contributed by atoms with Crippen molar-refractivity contribution in [3.63, 3.8) is 0 Å². The molecule has 2 atom stereocenters. The zero-order valence-electron chi connectivity index (χ0n) is 11.9. The zero-order chi connectivity index (χ0) is 13.0. The first kappa shape index (κ1) is 13.9. The van der Waals surface area contributed by atoms with E-state index >= 15 is 0 Å². The molecule has 2 rings (SSSR count). The molecule has 1 aliphatic heterocycles. The lowest BCUT2D eigenvalue weighted by Gasteiger charge is -2.49. The van der Waals surface area contributed by atoms with Gasteiger partial charge in [-0.25, -0.2) is 0 Å². The largest absolute Gasteiger partial charge is 0.465 e. The van der Waals surface area contributed by atoms with Crippen LogP contribution in [0, 0.1) is 5.92 Å². The highest BCUT2D eigenvalue weighted by Gasteiger charge is 2.50. The minimum atomic E-state index is -0.311. The van der Waals surface area contributed by atoms with E-state index in [0.717, 1.165) is 25.9 Å². The van der Waals surface area contributed by atoms with Gasteiger partial charge in [-0.1, -0.05) is 26.2 Å². The molecule has 1 saturated heterocycles. The Labute approximate surface area is 111 Å². The quantitative estimate of drug-likeness (QED) is 0.724. The summed E-state index contributed by atoms with van der Waals surface area (Å²) in [6.07, 6.45) is 8.35. The summed E-state index contributed by atoms with van der Waals surface area (Å²) in [7, 11) is 0. The number of piperidine rings is 1. The third-order valence-electron chi connectivity index (χ3n) is 4.81. The smallest absolute Gasteiger partial charge is 0.326 e. The molecule has 0 aromatic rings. The summed E-state index contributed by atoms with van der Waals surface area (Å²) < 4.78 is 5.43. The Morgan fingerprint density at radius 3 is 2.56 bits per heavy atom. The first-order valence-electron chi connectivity index (χ1n) is 7.64. The van der Waals surface area contributed by atoms with Gasteiger partial charge in [-0.05, 0) is 51.6 Å². The fourth-order valence-electron chi connectivity index (χ4n) is 3.78. The molecule has 1 heterocycles. The molecule has 2 fully saturated rings. The fourth-order valence-corrected chi connectivity index (χ4v) is 3.78. The van der Waals surface area contributed by atoms with Gasteiger partial charge >= 0.3 is 5.97 Å². The predicted octanol–water partition coefficient (Wildman–Crippen LogP) is 2.98. The molecule has 104 valence electrons. The highest BCUT2D eigenvalue weighted by molar-refractivity contribution is 5.81. The molecule has 0 unspecified atom stereocenters. The summed E-state index contributed by atoms with van der Waals surface area (Å²) in [6.45, 7) is 6.80. The standard InChI is InChI=1S/C15H27NO2/c1-3-18-14(17)15(10-6-5-9-13(15)2)16-11-7-4-8-12-16/h13H,3-12H2,1-2H3/t13-,15-/m0/s1. The maximum atomic E-state index is 12.6. The number of rotatable bonds is 3. The van der Waals surface area contributed by atoms with Gasteiger partial charge in [0.15, 0.2) is 0 Å². The molecule has 0 radical (unpaired) electrons. The van der Waals surface area contributed by atoms with E-state index in [4.69, 9.17) is 4.74 Å². The average Bonchev–Trinajstić information content (AvgIpc) is 2.41. The second kappa shape index (κ2) is 6.05. The van der Waals surface area contributed by atoms with Gasteiger partial charge in [0, 0.05) is 0 Å². The van der Waals surface area contributed by atoms with Crippen LogP contribution in [-0.2, 0) is 9.53 Å². The van der Waals surface area contributed by atoms with Gasteiger partial charge < -0.3 is 4.74 Å². The first-order valence-corrected chi connectivity index (χ1v) is 7.64. The minimum Gasteiger partial charge on any atom is -0.465 e. The molecular formula is C15H27NO2. The first-order chi connectivity index (χ1) is 8.71. The second-order valence-corrected chi connectivity index (χ2v) is 5.84. The van der Waals surface area contributed by atoms with Crippen LogP contribution in [0.2, 0.25) is 0 Å². The summed E-state index contributed by atoms with van der Waals surface area (Å²) in [4.78, 5) is 15.0. The van der Waals surface area contributed by atoms with Gasteiger partial charge in [-0.2, -0.15) is 0 Å². The Morgan fingerprint density at radius 2 is 1.94 bits per heavy atom. The summed E-state index contributed by atoms with van der Waals surface area (Å²) in [5, 5.41) is 0. The number of likely N-dealkylation sites (tertiary alicyclic amines) is 1. The molecule has 2 aliphatic rings. The van der Waals surface area contributed by atoms with Crippen LogP contribution in [0.5, 0.6) is 0 Å². The molecule has 3 nitrogen and oxygen atoms in total. The van der Waals surface area contributed by atoms with Gasteiger partial charge in [-0.15, -0.1) is 0 Å². The molecule has 1 aliphatic carbocycles. The lowest BCUT2D eigenvalue weighted by molar-refractivity contribution is -0.166. The summed E-state index contributed by atoms with van der Waals surface area (Å²) in [6, 6.07) is 0. The van der Waals surface area contributed by atoms with Crippen molar-refractivity contribution in [3.05, 3.63) is 0 Å².